The van der Waals surface area contributed by atoms with Crippen molar-refractivity contribution in [2.45, 2.75) is 20.3 Å². The number of benzene rings is 1. The lowest BCUT2D eigenvalue weighted by molar-refractivity contribution is -0.116. The zero-order valence-corrected chi connectivity index (χ0v) is 14.4. The maximum Gasteiger partial charge on any atom is 0.244 e. The number of carbonyl (C=O) groups excluding carboxylic acids is 1. The second-order valence-electron chi connectivity index (χ2n) is 6.03. The molecule has 1 heterocycles. The summed E-state index contributed by atoms with van der Waals surface area (Å²) >= 11 is 3.44. The molecular formula is C18H20BrNO2. The molecule has 116 valence electrons. The molecule has 1 aromatic carbocycles. The molecule has 1 aromatic heterocycles. The van der Waals surface area contributed by atoms with E-state index in [1.165, 1.54) is 11.6 Å². The Hall–Kier alpha value is -1.81. The minimum atomic E-state index is -0.111. The molecule has 0 aliphatic rings. The topological polar surface area (TPSA) is 42.2 Å². The molecule has 2 rings (SSSR count). The van der Waals surface area contributed by atoms with Gasteiger partial charge in [0, 0.05) is 17.1 Å². The van der Waals surface area contributed by atoms with Gasteiger partial charge in [-0.1, -0.05) is 41.9 Å². The van der Waals surface area contributed by atoms with E-state index < -0.39 is 0 Å². The highest BCUT2D eigenvalue weighted by Crippen LogP contribution is 2.22. The van der Waals surface area contributed by atoms with E-state index in [9.17, 15) is 4.79 Å². The largest absolute Gasteiger partial charge is 0.465 e. The van der Waals surface area contributed by atoms with Crippen LogP contribution < -0.4 is 5.32 Å². The molecule has 0 radical (unpaired) electrons. The Balaban J connectivity index is 1.83. The zero-order valence-electron chi connectivity index (χ0n) is 12.8. The molecule has 0 aliphatic heterocycles. The Morgan fingerprint density at radius 3 is 2.64 bits per heavy atom. The molecular weight excluding hydrogens is 342 g/mol. The van der Waals surface area contributed by atoms with Gasteiger partial charge in [-0.3, -0.25) is 4.79 Å². The predicted molar refractivity (Wildman–Crippen MR) is 92.4 cm³/mol. The molecule has 3 nitrogen and oxygen atoms in total. The first kappa shape index (κ1) is 16.6. The average Bonchev–Trinajstić information content (AvgIpc) is 2.99. The van der Waals surface area contributed by atoms with Gasteiger partial charge in [-0.25, -0.2) is 0 Å². The maximum absolute atomic E-state index is 11.8. The summed E-state index contributed by atoms with van der Waals surface area (Å²) < 4.78 is 6.22. The van der Waals surface area contributed by atoms with Crippen molar-refractivity contribution in [1.82, 2.24) is 5.32 Å². The molecule has 0 aliphatic carbocycles. The van der Waals surface area contributed by atoms with Gasteiger partial charge < -0.3 is 9.73 Å². The van der Waals surface area contributed by atoms with Gasteiger partial charge in [0.15, 0.2) is 0 Å². The number of amides is 1. The summed E-state index contributed by atoms with van der Waals surface area (Å²) in [6.45, 7) is 4.90. The van der Waals surface area contributed by atoms with Crippen LogP contribution >= 0.6 is 15.9 Å². The first-order valence-electron chi connectivity index (χ1n) is 7.18. The number of furan rings is 1. The van der Waals surface area contributed by atoms with Crippen LogP contribution in [0.25, 0.3) is 6.08 Å². The predicted octanol–water partition coefficient (Wildman–Crippen LogP) is 4.44. The van der Waals surface area contributed by atoms with Crippen LogP contribution in [0.3, 0.4) is 0 Å². The molecule has 0 bridgehead atoms. The molecule has 0 atom stereocenters. The fraction of sp³-hybridized carbons (Fsp3) is 0.278. The summed E-state index contributed by atoms with van der Waals surface area (Å²) in [5.41, 5.74) is 1.25. The second-order valence-corrected chi connectivity index (χ2v) is 6.95. The van der Waals surface area contributed by atoms with Crippen LogP contribution in [0.1, 0.15) is 25.2 Å². The number of hydrogen-bond donors (Lipinski definition) is 1. The molecule has 22 heavy (non-hydrogen) atoms. The Labute approximate surface area is 139 Å². The maximum atomic E-state index is 11.8. The van der Waals surface area contributed by atoms with Crippen molar-refractivity contribution in [2.75, 3.05) is 6.54 Å². The first-order chi connectivity index (χ1) is 10.4. The van der Waals surface area contributed by atoms with Gasteiger partial charge in [0.1, 0.15) is 5.76 Å². The summed E-state index contributed by atoms with van der Waals surface area (Å²) in [5, 5.41) is 2.94. The number of halogens is 1. The fourth-order valence-corrected chi connectivity index (χ4v) is 2.41. The van der Waals surface area contributed by atoms with Crippen molar-refractivity contribution in [3.05, 3.63) is 64.5 Å². The van der Waals surface area contributed by atoms with E-state index in [1.807, 2.05) is 12.1 Å². The molecule has 0 fully saturated rings. The Bertz CT molecular complexity index is 628. The Morgan fingerprint density at radius 2 is 2.00 bits per heavy atom. The van der Waals surface area contributed by atoms with E-state index in [-0.39, 0.29) is 11.3 Å². The van der Waals surface area contributed by atoms with Gasteiger partial charge in [-0.2, -0.15) is 0 Å². The summed E-state index contributed by atoms with van der Waals surface area (Å²) in [6, 6.07) is 11.9. The normalized spacial score (nSPS) is 11.8. The molecule has 0 saturated carbocycles. The van der Waals surface area contributed by atoms with Crippen LogP contribution in [0.4, 0.5) is 0 Å². The number of carbonyl (C=O) groups is 1. The summed E-state index contributed by atoms with van der Waals surface area (Å²) in [4.78, 5) is 11.8. The highest BCUT2D eigenvalue weighted by Gasteiger charge is 2.19. The van der Waals surface area contributed by atoms with E-state index in [2.05, 4.69) is 47.2 Å². The van der Waals surface area contributed by atoms with Crippen molar-refractivity contribution in [2.24, 2.45) is 5.41 Å². The van der Waals surface area contributed by atoms with Crippen LogP contribution in [0, 0.1) is 5.41 Å². The summed E-state index contributed by atoms with van der Waals surface area (Å²) in [7, 11) is 0. The minimum Gasteiger partial charge on any atom is -0.465 e. The molecule has 2 aromatic rings. The van der Waals surface area contributed by atoms with Crippen LogP contribution in [0.5, 0.6) is 0 Å². The van der Waals surface area contributed by atoms with E-state index in [0.717, 1.165) is 10.9 Å². The molecule has 0 spiro atoms. The summed E-state index contributed by atoms with van der Waals surface area (Å²) in [6.07, 6.45) is 5.65. The lowest BCUT2D eigenvalue weighted by Crippen LogP contribution is -2.34. The van der Waals surface area contributed by atoms with Gasteiger partial charge >= 0.3 is 0 Å². The Morgan fingerprint density at radius 1 is 1.27 bits per heavy atom. The smallest absolute Gasteiger partial charge is 0.244 e. The number of nitrogens with one attached hydrogen (secondary N) is 1. The standard InChI is InChI=1S/C18H20BrNO2/c1-18(2,12-14-5-7-15(19)8-6-14)13-20-17(21)10-9-16-4-3-11-22-16/h3-11H,12-13H2,1-2H3,(H,20,21)/b10-9+. The molecule has 1 N–H and O–H groups in total. The molecule has 0 saturated heterocycles. The van der Waals surface area contributed by atoms with E-state index >= 15 is 0 Å². The molecule has 4 heteroatoms. The van der Waals surface area contributed by atoms with Crippen molar-refractivity contribution in [3.63, 3.8) is 0 Å². The van der Waals surface area contributed by atoms with Gasteiger partial charge in [-0.15, -0.1) is 0 Å². The van der Waals surface area contributed by atoms with Crippen LogP contribution in [-0.2, 0) is 11.2 Å². The molecule has 0 unspecified atom stereocenters. The third kappa shape index (κ3) is 5.53. The van der Waals surface area contributed by atoms with Gasteiger partial charge in [0.25, 0.3) is 0 Å². The third-order valence-corrected chi connectivity index (χ3v) is 3.81. The van der Waals surface area contributed by atoms with Crippen molar-refractivity contribution >= 4 is 27.9 Å². The zero-order chi connectivity index (χ0) is 16.0. The van der Waals surface area contributed by atoms with Gasteiger partial charge in [0.2, 0.25) is 5.91 Å². The van der Waals surface area contributed by atoms with Gasteiger partial charge in [-0.05, 0) is 47.7 Å². The van der Waals surface area contributed by atoms with Crippen LogP contribution in [0.15, 0.2) is 57.6 Å². The SMILES string of the molecule is CC(C)(CNC(=O)/C=C/c1ccco1)Cc1ccc(Br)cc1. The van der Waals surface area contributed by atoms with E-state index in [0.29, 0.717) is 12.3 Å². The minimum absolute atomic E-state index is 0.0119. The lowest BCUT2D eigenvalue weighted by Gasteiger charge is -2.24. The highest BCUT2D eigenvalue weighted by molar-refractivity contribution is 9.10. The first-order valence-corrected chi connectivity index (χ1v) is 7.98. The lowest BCUT2D eigenvalue weighted by atomic mass is 9.85. The Kier molecular flexibility index (Phi) is 5.61. The fourth-order valence-electron chi connectivity index (χ4n) is 2.15. The van der Waals surface area contributed by atoms with Crippen molar-refractivity contribution in [1.29, 1.82) is 0 Å². The highest BCUT2D eigenvalue weighted by atomic mass is 79.9. The second kappa shape index (κ2) is 7.45. The average molecular weight is 362 g/mol. The number of hydrogen-bond acceptors (Lipinski definition) is 2. The van der Waals surface area contributed by atoms with E-state index in [1.54, 1.807) is 24.5 Å². The van der Waals surface area contributed by atoms with Crippen LogP contribution in [0.2, 0.25) is 0 Å². The molecule has 1 amide bonds. The monoisotopic (exact) mass is 361 g/mol. The van der Waals surface area contributed by atoms with E-state index in [4.69, 9.17) is 4.42 Å². The van der Waals surface area contributed by atoms with Crippen molar-refractivity contribution < 1.29 is 9.21 Å². The van der Waals surface area contributed by atoms with Gasteiger partial charge in [0.05, 0.1) is 6.26 Å². The quantitative estimate of drug-likeness (QED) is 0.772. The van der Waals surface area contributed by atoms with Crippen molar-refractivity contribution in [3.8, 4) is 0 Å². The van der Waals surface area contributed by atoms with Crippen LogP contribution in [-0.4, -0.2) is 12.5 Å². The summed E-state index contributed by atoms with van der Waals surface area (Å²) in [5.74, 6) is 0.560. The number of rotatable bonds is 6. The third-order valence-electron chi connectivity index (χ3n) is 3.28.